The summed E-state index contributed by atoms with van der Waals surface area (Å²) >= 11 is 0. The van der Waals surface area contributed by atoms with Gasteiger partial charge >= 0.3 is 0 Å². The maximum absolute atomic E-state index is 11.4. The summed E-state index contributed by atoms with van der Waals surface area (Å²) in [7, 11) is 0. The van der Waals surface area contributed by atoms with Gasteiger partial charge in [-0.3, -0.25) is 14.4 Å². The van der Waals surface area contributed by atoms with Crippen molar-refractivity contribution in [1.82, 2.24) is 10.6 Å². The average molecular weight is 199 g/mol. The molecule has 78 valence electrons. The van der Waals surface area contributed by atoms with Crippen molar-refractivity contribution < 1.29 is 14.4 Å². The Labute approximate surface area is 81.2 Å². The monoisotopic (exact) mass is 199 g/mol. The lowest BCUT2D eigenvalue weighted by atomic mass is 10.2. The molecule has 1 fully saturated rings. The summed E-state index contributed by atoms with van der Waals surface area (Å²) in [6.07, 6.45) is 0.819. The molecular formula is C8H13N3O3. The van der Waals surface area contributed by atoms with Crippen molar-refractivity contribution >= 4 is 17.7 Å². The summed E-state index contributed by atoms with van der Waals surface area (Å²) < 4.78 is 0. The molecule has 0 aliphatic carbocycles. The summed E-state index contributed by atoms with van der Waals surface area (Å²) in [6, 6.07) is -1.23. The van der Waals surface area contributed by atoms with Gasteiger partial charge in [-0.1, -0.05) is 0 Å². The quantitative estimate of drug-likeness (QED) is 0.502. The van der Waals surface area contributed by atoms with Gasteiger partial charge in [0.1, 0.15) is 12.1 Å². The molecule has 1 rings (SSSR count). The van der Waals surface area contributed by atoms with Gasteiger partial charge in [0.15, 0.2) is 0 Å². The van der Waals surface area contributed by atoms with Gasteiger partial charge in [-0.05, 0) is 13.3 Å². The third kappa shape index (κ3) is 2.45. The van der Waals surface area contributed by atoms with Crippen LogP contribution in [0.5, 0.6) is 0 Å². The Bertz CT molecular complexity index is 277. The van der Waals surface area contributed by atoms with Crippen LogP contribution in [-0.4, -0.2) is 29.8 Å². The number of rotatable bonds is 3. The summed E-state index contributed by atoms with van der Waals surface area (Å²) in [6.45, 7) is 1.50. The highest BCUT2D eigenvalue weighted by atomic mass is 16.2. The van der Waals surface area contributed by atoms with Crippen LogP contribution >= 0.6 is 0 Å². The van der Waals surface area contributed by atoms with Crippen molar-refractivity contribution in [2.45, 2.75) is 31.8 Å². The van der Waals surface area contributed by atoms with E-state index < -0.39 is 18.0 Å². The minimum absolute atomic E-state index is 0.142. The maximum Gasteiger partial charge on any atom is 0.243 e. The molecule has 2 atom stereocenters. The van der Waals surface area contributed by atoms with E-state index in [1.807, 2.05) is 0 Å². The predicted octanol–water partition coefficient (Wildman–Crippen LogP) is -1.74. The standard InChI is InChI=1S/C8H13N3O3/c1-4(7(9)13)10-8(14)5-2-3-6(12)11-5/h4-5H,2-3H2,1H3,(H2,9,13)(H,10,14)(H,11,12)/t4-,5?/m0/s1. The Kier molecular flexibility index (Phi) is 3.06. The van der Waals surface area contributed by atoms with Gasteiger partial charge in [0.2, 0.25) is 17.7 Å². The van der Waals surface area contributed by atoms with Crippen molar-refractivity contribution in [3.05, 3.63) is 0 Å². The van der Waals surface area contributed by atoms with E-state index in [1.165, 1.54) is 6.92 Å². The molecule has 14 heavy (non-hydrogen) atoms. The largest absolute Gasteiger partial charge is 0.368 e. The van der Waals surface area contributed by atoms with E-state index in [2.05, 4.69) is 10.6 Å². The normalized spacial score (nSPS) is 22.6. The Hall–Kier alpha value is -1.59. The Morgan fingerprint density at radius 3 is 2.71 bits per heavy atom. The number of hydrogen-bond acceptors (Lipinski definition) is 3. The van der Waals surface area contributed by atoms with Crippen LogP contribution in [0, 0.1) is 0 Å². The number of amides is 3. The average Bonchev–Trinajstić information content (AvgIpc) is 2.51. The van der Waals surface area contributed by atoms with Crippen molar-refractivity contribution in [3.8, 4) is 0 Å². The third-order valence-electron chi connectivity index (χ3n) is 2.10. The number of nitrogens with two attached hydrogens (primary N) is 1. The van der Waals surface area contributed by atoms with Crippen LogP contribution in [-0.2, 0) is 14.4 Å². The van der Waals surface area contributed by atoms with Gasteiger partial charge in [-0.25, -0.2) is 0 Å². The first-order chi connectivity index (χ1) is 6.50. The van der Waals surface area contributed by atoms with Crippen LogP contribution in [0.25, 0.3) is 0 Å². The minimum Gasteiger partial charge on any atom is -0.368 e. The fourth-order valence-corrected chi connectivity index (χ4v) is 1.20. The zero-order chi connectivity index (χ0) is 10.7. The van der Waals surface area contributed by atoms with Crippen LogP contribution in [0.15, 0.2) is 0 Å². The highest BCUT2D eigenvalue weighted by Crippen LogP contribution is 2.06. The third-order valence-corrected chi connectivity index (χ3v) is 2.10. The van der Waals surface area contributed by atoms with Crippen LogP contribution in [0.1, 0.15) is 19.8 Å². The van der Waals surface area contributed by atoms with Gasteiger partial charge in [0.05, 0.1) is 0 Å². The van der Waals surface area contributed by atoms with Crippen molar-refractivity contribution in [1.29, 1.82) is 0 Å². The van der Waals surface area contributed by atoms with Gasteiger partial charge < -0.3 is 16.4 Å². The van der Waals surface area contributed by atoms with Crippen LogP contribution < -0.4 is 16.4 Å². The summed E-state index contributed by atoms with van der Waals surface area (Å²) in [5, 5.41) is 4.91. The number of carbonyl (C=O) groups excluding carboxylic acids is 3. The smallest absolute Gasteiger partial charge is 0.243 e. The SMILES string of the molecule is C[C@H](NC(=O)C1CCC(=O)N1)C(N)=O. The van der Waals surface area contributed by atoms with E-state index in [4.69, 9.17) is 5.73 Å². The van der Waals surface area contributed by atoms with Gasteiger partial charge in [0.25, 0.3) is 0 Å². The molecule has 1 aliphatic heterocycles. The van der Waals surface area contributed by atoms with E-state index >= 15 is 0 Å². The highest BCUT2D eigenvalue weighted by Gasteiger charge is 2.28. The molecule has 1 heterocycles. The van der Waals surface area contributed by atoms with Gasteiger partial charge in [0, 0.05) is 6.42 Å². The molecule has 0 aromatic rings. The lowest BCUT2D eigenvalue weighted by molar-refractivity contribution is -0.129. The highest BCUT2D eigenvalue weighted by molar-refractivity contribution is 5.93. The van der Waals surface area contributed by atoms with Crippen molar-refractivity contribution in [3.63, 3.8) is 0 Å². The first-order valence-corrected chi connectivity index (χ1v) is 4.39. The molecule has 0 aromatic carbocycles. The van der Waals surface area contributed by atoms with Crippen LogP contribution in [0.2, 0.25) is 0 Å². The number of nitrogens with one attached hydrogen (secondary N) is 2. The first kappa shape index (κ1) is 10.5. The number of primary amides is 1. The fourth-order valence-electron chi connectivity index (χ4n) is 1.20. The van der Waals surface area contributed by atoms with Crippen LogP contribution in [0.3, 0.4) is 0 Å². The summed E-state index contributed by atoms with van der Waals surface area (Å²) in [5.74, 6) is -1.10. The number of hydrogen-bond donors (Lipinski definition) is 3. The molecule has 1 aliphatic rings. The molecule has 6 nitrogen and oxygen atoms in total. The van der Waals surface area contributed by atoms with Crippen molar-refractivity contribution in [2.24, 2.45) is 5.73 Å². The van der Waals surface area contributed by atoms with E-state index in [-0.39, 0.29) is 11.8 Å². The second kappa shape index (κ2) is 4.08. The molecule has 1 saturated heterocycles. The zero-order valence-corrected chi connectivity index (χ0v) is 7.87. The molecule has 6 heteroatoms. The van der Waals surface area contributed by atoms with E-state index in [9.17, 15) is 14.4 Å². The van der Waals surface area contributed by atoms with E-state index in [0.717, 1.165) is 0 Å². The molecule has 0 aromatic heterocycles. The molecule has 0 spiro atoms. The van der Waals surface area contributed by atoms with Gasteiger partial charge in [-0.15, -0.1) is 0 Å². The Balaban J connectivity index is 2.42. The summed E-state index contributed by atoms with van der Waals surface area (Å²) in [4.78, 5) is 32.8. The topological polar surface area (TPSA) is 101 Å². The lowest BCUT2D eigenvalue weighted by Crippen LogP contribution is -2.49. The van der Waals surface area contributed by atoms with Crippen molar-refractivity contribution in [2.75, 3.05) is 0 Å². The summed E-state index contributed by atoms with van der Waals surface area (Å²) in [5.41, 5.74) is 4.97. The van der Waals surface area contributed by atoms with E-state index in [1.54, 1.807) is 0 Å². The van der Waals surface area contributed by atoms with Gasteiger partial charge in [-0.2, -0.15) is 0 Å². The zero-order valence-electron chi connectivity index (χ0n) is 7.87. The minimum atomic E-state index is -0.708. The van der Waals surface area contributed by atoms with Crippen LogP contribution in [0.4, 0.5) is 0 Å². The molecular weight excluding hydrogens is 186 g/mol. The molecule has 0 saturated carbocycles. The molecule has 4 N–H and O–H groups in total. The number of carbonyl (C=O) groups is 3. The Morgan fingerprint density at radius 1 is 1.64 bits per heavy atom. The first-order valence-electron chi connectivity index (χ1n) is 4.39. The second-order valence-corrected chi connectivity index (χ2v) is 3.29. The van der Waals surface area contributed by atoms with E-state index in [0.29, 0.717) is 12.8 Å². The lowest BCUT2D eigenvalue weighted by Gasteiger charge is -2.14. The maximum atomic E-state index is 11.4. The molecule has 0 bridgehead atoms. The fraction of sp³-hybridized carbons (Fsp3) is 0.625. The Morgan fingerprint density at radius 2 is 2.29 bits per heavy atom. The molecule has 0 radical (unpaired) electrons. The molecule has 3 amide bonds. The second-order valence-electron chi connectivity index (χ2n) is 3.29. The predicted molar refractivity (Wildman–Crippen MR) is 48.0 cm³/mol. The molecule has 1 unspecified atom stereocenters.